The van der Waals surface area contributed by atoms with Crippen LogP contribution in [0.25, 0.3) is 0 Å². The van der Waals surface area contributed by atoms with Crippen LogP contribution in [0.15, 0.2) is 16.5 Å². The number of carboxylic acid groups (broad SMARTS) is 1. The van der Waals surface area contributed by atoms with Gasteiger partial charge >= 0.3 is 5.97 Å². The van der Waals surface area contributed by atoms with Crippen molar-refractivity contribution in [3.05, 3.63) is 23.7 Å². The van der Waals surface area contributed by atoms with Crippen molar-refractivity contribution < 1.29 is 19.4 Å². The summed E-state index contributed by atoms with van der Waals surface area (Å²) in [6, 6.07) is 3.17. The summed E-state index contributed by atoms with van der Waals surface area (Å²) in [5.41, 5.74) is 0. The maximum atomic E-state index is 10.7. The Kier molecular flexibility index (Phi) is 4.38. The van der Waals surface area contributed by atoms with Crippen molar-refractivity contribution in [1.29, 1.82) is 0 Å². The lowest BCUT2D eigenvalue weighted by Gasteiger charge is -2.21. The second-order valence-corrected chi connectivity index (χ2v) is 4.76. The molecule has 0 saturated heterocycles. The lowest BCUT2D eigenvalue weighted by molar-refractivity contribution is 0.0659. The van der Waals surface area contributed by atoms with Gasteiger partial charge in [-0.25, -0.2) is 4.79 Å². The third-order valence-corrected chi connectivity index (χ3v) is 3.39. The number of carbonyl (C=O) groups is 1. The molecule has 0 bridgehead atoms. The van der Waals surface area contributed by atoms with Gasteiger partial charge in [-0.2, -0.15) is 0 Å². The highest BCUT2D eigenvalue weighted by molar-refractivity contribution is 5.84. The van der Waals surface area contributed by atoms with Gasteiger partial charge in [0.25, 0.3) is 0 Å². The SMILES string of the molecule is O=C(O)c1ccc(CNC2CCCCCC2O)o1. The third-order valence-electron chi connectivity index (χ3n) is 3.39. The Morgan fingerprint density at radius 2 is 2.11 bits per heavy atom. The van der Waals surface area contributed by atoms with Gasteiger partial charge in [0, 0.05) is 6.04 Å². The molecule has 1 saturated carbocycles. The summed E-state index contributed by atoms with van der Waals surface area (Å²) >= 11 is 0. The molecule has 2 unspecified atom stereocenters. The van der Waals surface area contributed by atoms with Crippen LogP contribution in [0.5, 0.6) is 0 Å². The van der Waals surface area contributed by atoms with Gasteiger partial charge in [-0.1, -0.05) is 19.3 Å². The topological polar surface area (TPSA) is 82.7 Å². The van der Waals surface area contributed by atoms with Crippen LogP contribution < -0.4 is 5.32 Å². The van der Waals surface area contributed by atoms with Crippen molar-refractivity contribution in [3.63, 3.8) is 0 Å². The number of furan rings is 1. The van der Waals surface area contributed by atoms with Gasteiger partial charge in [-0.3, -0.25) is 0 Å². The average Bonchev–Trinajstić information content (AvgIpc) is 2.72. The van der Waals surface area contributed by atoms with Crippen LogP contribution in [0.2, 0.25) is 0 Å². The minimum atomic E-state index is -1.06. The largest absolute Gasteiger partial charge is 0.475 e. The molecule has 18 heavy (non-hydrogen) atoms. The summed E-state index contributed by atoms with van der Waals surface area (Å²) in [6.07, 6.45) is 4.82. The first kappa shape index (κ1) is 13.1. The third kappa shape index (κ3) is 3.34. The minimum Gasteiger partial charge on any atom is -0.475 e. The van der Waals surface area contributed by atoms with Gasteiger partial charge in [0.1, 0.15) is 5.76 Å². The van der Waals surface area contributed by atoms with Crippen LogP contribution in [0, 0.1) is 0 Å². The van der Waals surface area contributed by atoms with E-state index in [0.717, 1.165) is 25.7 Å². The number of rotatable bonds is 4. The van der Waals surface area contributed by atoms with E-state index in [1.54, 1.807) is 6.07 Å². The standard InChI is InChI=1S/C13H19NO4/c15-11-5-3-1-2-4-10(11)14-8-9-6-7-12(18-9)13(16)17/h6-7,10-11,14-15H,1-5,8H2,(H,16,17). The first-order valence-electron chi connectivity index (χ1n) is 6.40. The molecule has 5 heteroatoms. The number of hydrogen-bond acceptors (Lipinski definition) is 4. The Balaban J connectivity index is 1.87. The van der Waals surface area contributed by atoms with Crippen molar-refractivity contribution in [3.8, 4) is 0 Å². The van der Waals surface area contributed by atoms with Crippen molar-refractivity contribution in [2.24, 2.45) is 0 Å². The Labute approximate surface area is 106 Å². The van der Waals surface area contributed by atoms with Crippen LogP contribution in [0.4, 0.5) is 0 Å². The van der Waals surface area contributed by atoms with Gasteiger partial charge < -0.3 is 19.9 Å². The molecule has 2 rings (SSSR count). The van der Waals surface area contributed by atoms with E-state index in [2.05, 4.69) is 5.32 Å². The summed E-state index contributed by atoms with van der Waals surface area (Å²) < 4.78 is 5.16. The molecule has 0 spiro atoms. The van der Waals surface area contributed by atoms with Crippen LogP contribution in [0.1, 0.15) is 48.4 Å². The summed E-state index contributed by atoms with van der Waals surface area (Å²) in [4.78, 5) is 10.7. The fourth-order valence-electron chi connectivity index (χ4n) is 2.35. The fraction of sp³-hybridized carbons (Fsp3) is 0.615. The molecule has 0 aromatic carbocycles. The van der Waals surface area contributed by atoms with E-state index < -0.39 is 5.97 Å². The highest BCUT2D eigenvalue weighted by Crippen LogP contribution is 2.18. The van der Waals surface area contributed by atoms with Gasteiger partial charge in [0.05, 0.1) is 12.6 Å². The van der Waals surface area contributed by atoms with Crippen LogP contribution in [0.3, 0.4) is 0 Å². The molecule has 1 heterocycles. The van der Waals surface area contributed by atoms with Gasteiger partial charge in [-0.05, 0) is 25.0 Å². The smallest absolute Gasteiger partial charge is 0.371 e. The Morgan fingerprint density at radius 3 is 2.83 bits per heavy atom. The lowest BCUT2D eigenvalue weighted by Crippen LogP contribution is -2.38. The van der Waals surface area contributed by atoms with E-state index >= 15 is 0 Å². The first-order chi connectivity index (χ1) is 8.66. The van der Waals surface area contributed by atoms with Crippen molar-refractivity contribution >= 4 is 5.97 Å². The minimum absolute atomic E-state index is 0.0479. The zero-order chi connectivity index (χ0) is 13.0. The van der Waals surface area contributed by atoms with E-state index in [1.165, 1.54) is 12.5 Å². The predicted molar refractivity (Wildman–Crippen MR) is 65.4 cm³/mol. The van der Waals surface area contributed by atoms with E-state index in [-0.39, 0.29) is 17.9 Å². The van der Waals surface area contributed by atoms with Crippen molar-refractivity contribution in [1.82, 2.24) is 5.32 Å². The molecule has 1 fully saturated rings. The summed E-state index contributed by atoms with van der Waals surface area (Å²) in [6.45, 7) is 0.453. The van der Waals surface area contributed by atoms with Gasteiger partial charge in [0.2, 0.25) is 5.76 Å². The van der Waals surface area contributed by atoms with Crippen molar-refractivity contribution in [2.45, 2.75) is 50.8 Å². The molecule has 5 nitrogen and oxygen atoms in total. The average molecular weight is 253 g/mol. The molecule has 0 aliphatic heterocycles. The van der Waals surface area contributed by atoms with Crippen LogP contribution in [-0.2, 0) is 6.54 Å². The molecule has 2 atom stereocenters. The van der Waals surface area contributed by atoms with E-state index in [9.17, 15) is 9.90 Å². The Hall–Kier alpha value is -1.33. The number of aromatic carboxylic acids is 1. The fourth-order valence-corrected chi connectivity index (χ4v) is 2.35. The summed E-state index contributed by atoms with van der Waals surface area (Å²) in [5.74, 6) is -0.521. The number of nitrogens with one attached hydrogen (secondary N) is 1. The highest BCUT2D eigenvalue weighted by atomic mass is 16.4. The van der Waals surface area contributed by atoms with E-state index in [1.807, 2.05) is 0 Å². The summed E-state index contributed by atoms with van der Waals surface area (Å²) in [5, 5.41) is 21.9. The quantitative estimate of drug-likeness (QED) is 0.712. The zero-order valence-electron chi connectivity index (χ0n) is 10.3. The molecular weight excluding hydrogens is 234 g/mol. The van der Waals surface area contributed by atoms with E-state index in [0.29, 0.717) is 12.3 Å². The predicted octanol–water partition coefficient (Wildman–Crippen LogP) is 1.76. The number of carboxylic acids is 1. The highest BCUT2D eigenvalue weighted by Gasteiger charge is 2.21. The molecule has 1 aliphatic rings. The van der Waals surface area contributed by atoms with E-state index in [4.69, 9.17) is 9.52 Å². The Bertz CT molecular complexity index is 401. The second-order valence-electron chi connectivity index (χ2n) is 4.76. The molecule has 3 N–H and O–H groups in total. The molecule has 100 valence electrons. The number of hydrogen-bond donors (Lipinski definition) is 3. The molecule has 1 aromatic rings. The van der Waals surface area contributed by atoms with Gasteiger partial charge in [-0.15, -0.1) is 0 Å². The van der Waals surface area contributed by atoms with Crippen LogP contribution >= 0.6 is 0 Å². The van der Waals surface area contributed by atoms with Crippen molar-refractivity contribution in [2.75, 3.05) is 0 Å². The maximum Gasteiger partial charge on any atom is 0.371 e. The molecule has 0 radical (unpaired) electrons. The molecule has 1 aromatic heterocycles. The van der Waals surface area contributed by atoms with Crippen LogP contribution in [-0.4, -0.2) is 28.3 Å². The normalized spacial score (nSPS) is 24.7. The van der Waals surface area contributed by atoms with Gasteiger partial charge in [0.15, 0.2) is 0 Å². The maximum absolute atomic E-state index is 10.7. The number of aliphatic hydroxyl groups excluding tert-OH is 1. The summed E-state index contributed by atoms with van der Waals surface area (Å²) in [7, 11) is 0. The zero-order valence-corrected chi connectivity index (χ0v) is 10.3. The first-order valence-corrected chi connectivity index (χ1v) is 6.40. The molecule has 1 aliphatic carbocycles. The lowest BCUT2D eigenvalue weighted by atomic mass is 10.1. The Morgan fingerprint density at radius 1 is 1.33 bits per heavy atom. The molecular formula is C13H19NO4. The second kappa shape index (κ2) is 6.02. The number of aliphatic hydroxyl groups is 1. The molecule has 0 amide bonds. The monoisotopic (exact) mass is 253 g/mol.